The van der Waals surface area contributed by atoms with Crippen molar-refractivity contribution in [3.8, 4) is 11.5 Å². The summed E-state index contributed by atoms with van der Waals surface area (Å²) in [7, 11) is 5.44. The summed E-state index contributed by atoms with van der Waals surface area (Å²) < 4.78 is 10.7. The van der Waals surface area contributed by atoms with Crippen LogP contribution in [-0.2, 0) is 13.1 Å². The zero-order valence-corrected chi connectivity index (χ0v) is 18.1. The van der Waals surface area contributed by atoms with Gasteiger partial charge in [0.25, 0.3) is 0 Å². The van der Waals surface area contributed by atoms with Crippen molar-refractivity contribution >= 4 is 5.96 Å². The van der Waals surface area contributed by atoms with Crippen LogP contribution in [0.4, 0.5) is 0 Å². The van der Waals surface area contributed by atoms with Gasteiger partial charge in [-0.1, -0.05) is 36.4 Å². The molecule has 0 bridgehead atoms. The van der Waals surface area contributed by atoms with Crippen LogP contribution < -0.4 is 20.1 Å². The van der Waals surface area contributed by atoms with Crippen LogP contribution in [-0.4, -0.2) is 51.8 Å². The van der Waals surface area contributed by atoms with Crippen molar-refractivity contribution in [1.82, 2.24) is 15.5 Å². The van der Waals surface area contributed by atoms with Crippen molar-refractivity contribution in [2.75, 3.05) is 40.9 Å². The molecule has 2 aromatic rings. The van der Waals surface area contributed by atoms with E-state index in [0.29, 0.717) is 6.54 Å². The number of rotatable bonds is 11. The van der Waals surface area contributed by atoms with Gasteiger partial charge in [0.2, 0.25) is 0 Å². The molecule has 0 spiro atoms. The topological polar surface area (TPSA) is 58.1 Å². The number of nitrogens with one attached hydrogen (secondary N) is 2. The lowest BCUT2D eigenvalue weighted by atomic mass is 10.2. The highest BCUT2D eigenvalue weighted by atomic mass is 16.5. The minimum Gasteiger partial charge on any atom is -0.493 e. The first kappa shape index (κ1) is 22.6. The van der Waals surface area contributed by atoms with Crippen LogP contribution in [0.3, 0.4) is 0 Å². The third kappa shape index (κ3) is 8.03. The van der Waals surface area contributed by atoms with Crippen molar-refractivity contribution in [2.45, 2.75) is 26.4 Å². The van der Waals surface area contributed by atoms with Crippen molar-refractivity contribution in [1.29, 1.82) is 0 Å². The maximum absolute atomic E-state index is 5.37. The van der Waals surface area contributed by atoms with Crippen LogP contribution in [0.5, 0.6) is 11.5 Å². The Hall–Kier alpha value is -2.73. The summed E-state index contributed by atoms with van der Waals surface area (Å²) in [5.74, 6) is 2.28. The second kappa shape index (κ2) is 12.7. The molecule has 6 heteroatoms. The number of nitrogens with zero attached hydrogens (tertiary/aromatic N) is 2. The van der Waals surface area contributed by atoms with Gasteiger partial charge in [0, 0.05) is 19.6 Å². The fourth-order valence-electron chi connectivity index (χ4n) is 3.02. The Morgan fingerprint density at radius 3 is 2.41 bits per heavy atom. The van der Waals surface area contributed by atoms with E-state index in [1.54, 1.807) is 14.2 Å². The van der Waals surface area contributed by atoms with Gasteiger partial charge < -0.3 is 25.0 Å². The van der Waals surface area contributed by atoms with Crippen molar-refractivity contribution in [2.24, 2.45) is 4.99 Å². The summed E-state index contributed by atoms with van der Waals surface area (Å²) in [6, 6.07) is 16.4. The predicted molar refractivity (Wildman–Crippen MR) is 120 cm³/mol. The molecule has 158 valence electrons. The zero-order chi connectivity index (χ0) is 20.9. The lowest BCUT2D eigenvalue weighted by Gasteiger charge is -2.17. The van der Waals surface area contributed by atoms with Gasteiger partial charge in [0.05, 0.1) is 20.8 Å². The molecular formula is C23H34N4O2. The van der Waals surface area contributed by atoms with Gasteiger partial charge in [-0.05, 0) is 50.2 Å². The summed E-state index contributed by atoms with van der Waals surface area (Å²) in [5.41, 5.74) is 2.41. The average molecular weight is 399 g/mol. The van der Waals surface area contributed by atoms with Gasteiger partial charge in [-0.15, -0.1) is 0 Å². The third-order valence-corrected chi connectivity index (χ3v) is 4.52. The fraction of sp³-hybridized carbons (Fsp3) is 0.435. The van der Waals surface area contributed by atoms with E-state index in [2.05, 4.69) is 64.8 Å². The molecule has 0 unspecified atom stereocenters. The number of hydrogen-bond acceptors (Lipinski definition) is 4. The molecule has 0 saturated carbocycles. The Morgan fingerprint density at radius 1 is 0.966 bits per heavy atom. The van der Waals surface area contributed by atoms with E-state index in [1.165, 1.54) is 5.56 Å². The van der Waals surface area contributed by atoms with Crippen LogP contribution in [0.15, 0.2) is 53.5 Å². The molecule has 0 fully saturated rings. The molecule has 2 aromatic carbocycles. The van der Waals surface area contributed by atoms with E-state index >= 15 is 0 Å². The maximum Gasteiger partial charge on any atom is 0.191 e. The third-order valence-electron chi connectivity index (χ3n) is 4.52. The number of ether oxygens (including phenoxy) is 2. The van der Waals surface area contributed by atoms with Crippen LogP contribution in [0, 0.1) is 0 Å². The van der Waals surface area contributed by atoms with Gasteiger partial charge in [0.15, 0.2) is 17.5 Å². The highest BCUT2D eigenvalue weighted by Crippen LogP contribution is 2.27. The molecule has 0 amide bonds. The number of methoxy groups -OCH3 is 2. The monoisotopic (exact) mass is 398 g/mol. The predicted octanol–water partition coefficient (Wildman–Crippen LogP) is 3.28. The molecule has 0 aliphatic carbocycles. The molecule has 2 rings (SSSR count). The molecule has 6 nitrogen and oxygen atoms in total. The second-order valence-corrected chi connectivity index (χ2v) is 6.89. The highest BCUT2D eigenvalue weighted by Gasteiger charge is 2.05. The Kier molecular flexibility index (Phi) is 9.86. The van der Waals surface area contributed by atoms with Gasteiger partial charge in [0.1, 0.15) is 0 Å². The van der Waals surface area contributed by atoms with Crippen LogP contribution in [0.2, 0.25) is 0 Å². The fourth-order valence-corrected chi connectivity index (χ4v) is 3.02. The minimum absolute atomic E-state index is 0.573. The smallest absolute Gasteiger partial charge is 0.191 e. The van der Waals surface area contributed by atoms with Gasteiger partial charge >= 0.3 is 0 Å². The lowest BCUT2D eigenvalue weighted by Crippen LogP contribution is -2.38. The quantitative estimate of drug-likeness (QED) is 0.346. The number of guanidine groups is 1. The van der Waals surface area contributed by atoms with Crippen LogP contribution in [0.1, 0.15) is 24.5 Å². The Balaban J connectivity index is 1.80. The first-order valence-electron chi connectivity index (χ1n) is 10.1. The molecule has 0 aromatic heterocycles. The van der Waals surface area contributed by atoms with Crippen LogP contribution >= 0.6 is 0 Å². The van der Waals surface area contributed by atoms with Gasteiger partial charge in [-0.25, -0.2) is 4.99 Å². The Morgan fingerprint density at radius 2 is 1.72 bits per heavy atom. The summed E-state index contributed by atoms with van der Waals surface area (Å²) in [6.07, 6.45) is 1.05. The summed E-state index contributed by atoms with van der Waals surface area (Å²) in [6.45, 7) is 6.33. The molecule has 0 aliphatic heterocycles. The Bertz CT molecular complexity index is 750. The number of benzene rings is 2. The van der Waals surface area contributed by atoms with E-state index in [-0.39, 0.29) is 0 Å². The van der Waals surface area contributed by atoms with E-state index in [1.807, 2.05) is 18.2 Å². The standard InChI is InChI=1S/C23H34N4O2/c1-5-24-23(26-17-20-12-13-21(28-3)22(16-20)29-4)25-14-9-15-27(2)18-19-10-7-6-8-11-19/h6-8,10-13,16H,5,9,14-15,17-18H2,1-4H3,(H2,24,25,26). The first-order valence-corrected chi connectivity index (χ1v) is 10.1. The minimum atomic E-state index is 0.573. The molecule has 0 aliphatic rings. The normalized spacial score (nSPS) is 11.4. The van der Waals surface area contributed by atoms with E-state index in [0.717, 1.165) is 55.6 Å². The molecule has 2 N–H and O–H groups in total. The molecule has 0 radical (unpaired) electrons. The van der Waals surface area contributed by atoms with Crippen molar-refractivity contribution in [3.63, 3.8) is 0 Å². The van der Waals surface area contributed by atoms with Crippen molar-refractivity contribution in [3.05, 3.63) is 59.7 Å². The highest BCUT2D eigenvalue weighted by molar-refractivity contribution is 5.79. The van der Waals surface area contributed by atoms with Crippen LogP contribution in [0.25, 0.3) is 0 Å². The number of hydrogen-bond donors (Lipinski definition) is 2. The summed E-state index contributed by atoms with van der Waals surface area (Å²) >= 11 is 0. The summed E-state index contributed by atoms with van der Waals surface area (Å²) in [4.78, 5) is 7.02. The molecular weight excluding hydrogens is 364 g/mol. The second-order valence-electron chi connectivity index (χ2n) is 6.89. The molecule has 0 atom stereocenters. The van der Waals surface area contributed by atoms with E-state index < -0.39 is 0 Å². The van der Waals surface area contributed by atoms with Gasteiger partial charge in [-0.3, -0.25) is 0 Å². The first-order chi connectivity index (χ1) is 14.2. The van der Waals surface area contributed by atoms with E-state index in [9.17, 15) is 0 Å². The van der Waals surface area contributed by atoms with Crippen molar-refractivity contribution < 1.29 is 9.47 Å². The average Bonchev–Trinajstić information content (AvgIpc) is 2.75. The Labute approximate surface area is 174 Å². The largest absolute Gasteiger partial charge is 0.493 e. The molecule has 0 saturated heterocycles. The SMILES string of the molecule is CCNC(=NCc1ccc(OC)c(OC)c1)NCCCN(C)Cc1ccccc1. The summed E-state index contributed by atoms with van der Waals surface area (Å²) in [5, 5.41) is 6.72. The maximum atomic E-state index is 5.37. The van der Waals surface area contributed by atoms with E-state index in [4.69, 9.17) is 9.47 Å². The number of aliphatic imine (C=N–C) groups is 1. The molecule has 0 heterocycles. The lowest BCUT2D eigenvalue weighted by molar-refractivity contribution is 0.322. The van der Waals surface area contributed by atoms with Gasteiger partial charge in [-0.2, -0.15) is 0 Å². The molecule has 29 heavy (non-hydrogen) atoms. The zero-order valence-electron chi connectivity index (χ0n) is 18.1.